The predicted octanol–water partition coefficient (Wildman–Crippen LogP) is 3.06. The zero-order valence-corrected chi connectivity index (χ0v) is 8.04. The number of carbonyl (C=O) groups excluding carboxylic acids is 1. The first-order valence-electron chi connectivity index (χ1n) is 3.31. The highest BCUT2D eigenvalue weighted by Crippen LogP contribution is 2.34. The van der Waals surface area contributed by atoms with Crippen LogP contribution in [0.5, 0.6) is 0 Å². The number of hydrogen-bond donors (Lipinski definition) is 0. The van der Waals surface area contributed by atoms with Crippen LogP contribution in [0.3, 0.4) is 0 Å². The lowest BCUT2D eigenvalue weighted by atomic mass is 10.1. The minimum absolute atomic E-state index is 0.0574. The highest BCUT2D eigenvalue weighted by atomic mass is 79.9. The van der Waals surface area contributed by atoms with E-state index in [0.29, 0.717) is 6.07 Å². The molecule has 0 bridgehead atoms. The Morgan fingerprint density at radius 1 is 1.29 bits per heavy atom. The molecule has 0 atom stereocenters. The average molecular weight is 270 g/mol. The van der Waals surface area contributed by atoms with E-state index >= 15 is 0 Å². The van der Waals surface area contributed by atoms with Crippen LogP contribution in [0.25, 0.3) is 0 Å². The summed E-state index contributed by atoms with van der Waals surface area (Å²) in [5.74, 6) is -1.61. The third kappa shape index (κ3) is 1.95. The first kappa shape index (κ1) is 11.2. The Hall–Kier alpha value is -0.910. The predicted molar refractivity (Wildman–Crippen MR) is 43.9 cm³/mol. The minimum Gasteiger partial charge on any atom is -0.285 e. The quantitative estimate of drug-likeness (QED) is 0.717. The first-order valence-corrected chi connectivity index (χ1v) is 4.10. The van der Waals surface area contributed by atoms with Gasteiger partial charge >= 0.3 is 6.18 Å². The van der Waals surface area contributed by atoms with E-state index in [1.165, 1.54) is 0 Å². The lowest BCUT2D eigenvalue weighted by Gasteiger charge is -2.09. The van der Waals surface area contributed by atoms with Crippen molar-refractivity contribution in [1.29, 1.82) is 0 Å². The zero-order chi connectivity index (χ0) is 10.9. The van der Waals surface area contributed by atoms with Crippen LogP contribution in [0, 0.1) is 5.82 Å². The van der Waals surface area contributed by atoms with Crippen LogP contribution in [0.4, 0.5) is 17.6 Å². The van der Waals surface area contributed by atoms with Gasteiger partial charge in [-0.05, 0) is 28.1 Å². The molecule has 0 unspecified atom stereocenters. The summed E-state index contributed by atoms with van der Waals surface area (Å²) in [6, 6.07) is 1.51. The molecule has 14 heavy (non-hydrogen) atoms. The van der Waals surface area contributed by atoms with Crippen molar-refractivity contribution in [1.82, 2.24) is 0 Å². The molecule has 0 saturated heterocycles. The minimum atomic E-state index is -4.81. The van der Waals surface area contributed by atoms with Gasteiger partial charge in [-0.1, -0.05) is 0 Å². The first-order chi connectivity index (χ1) is 6.38. The van der Waals surface area contributed by atoms with E-state index in [-0.39, 0.29) is 4.47 Å². The number of benzene rings is 1. The fourth-order valence-corrected chi connectivity index (χ4v) is 1.25. The molecular weight excluding hydrogens is 268 g/mol. The summed E-state index contributed by atoms with van der Waals surface area (Å²) in [5, 5.41) is 0. The van der Waals surface area contributed by atoms with Crippen molar-refractivity contribution in [3.05, 3.63) is 33.5 Å². The number of halogens is 5. The van der Waals surface area contributed by atoms with Gasteiger partial charge in [-0.2, -0.15) is 13.2 Å². The van der Waals surface area contributed by atoms with Crippen molar-refractivity contribution in [2.75, 3.05) is 0 Å². The molecule has 0 amide bonds. The average Bonchev–Trinajstić information content (AvgIpc) is 2.02. The van der Waals surface area contributed by atoms with Gasteiger partial charge in [-0.25, -0.2) is 4.39 Å². The lowest BCUT2D eigenvalue weighted by molar-refractivity contribution is -0.140. The molecule has 0 spiro atoms. The van der Waals surface area contributed by atoms with Gasteiger partial charge in [0.1, 0.15) is 5.82 Å². The summed E-state index contributed by atoms with van der Waals surface area (Å²) in [6.45, 7) is 0. The molecule has 0 aliphatic rings. The Morgan fingerprint density at radius 3 is 2.29 bits per heavy atom. The molecule has 1 rings (SSSR count). The molecule has 1 nitrogen and oxygen atoms in total. The Bertz CT molecular complexity index is 372. The van der Waals surface area contributed by atoms with Crippen LogP contribution < -0.4 is 0 Å². The van der Waals surface area contributed by atoms with Crippen LogP contribution >= 0.6 is 15.9 Å². The third-order valence-corrected chi connectivity index (χ3v) is 2.16. The van der Waals surface area contributed by atoms with E-state index in [9.17, 15) is 22.4 Å². The second kappa shape index (κ2) is 3.68. The van der Waals surface area contributed by atoms with Gasteiger partial charge < -0.3 is 0 Å². The van der Waals surface area contributed by atoms with Crippen molar-refractivity contribution < 1.29 is 22.4 Å². The Kier molecular flexibility index (Phi) is 2.94. The standard InChI is InChI=1S/C8H2BrF4O/c9-6-2-1-5(8(11,12)13)7(10)4(6)3-14/h1-2H. The molecule has 75 valence electrons. The van der Waals surface area contributed by atoms with Gasteiger partial charge in [0.2, 0.25) is 6.29 Å². The summed E-state index contributed by atoms with van der Waals surface area (Å²) in [4.78, 5) is 10.2. The fourth-order valence-electron chi connectivity index (χ4n) is 0.865. The molecular formula is C8H2BrF4O. The van der Waals surface area contributed by atoms with Crippen LogP contribution in [0.1, 0.15) is 11.1 Å². The maximum atomic E-state index is 13.0. The van der Waals surface area contributed by atoms with Crippen LogP contribution in [-0.4, -0.2) is 6.29 Å². The highest BCUT2D eigenvalue weighted by Gasteiger charge is 2.35. The Balaban J connectivity index is 3.43. The molecule has 6 heteroatoms. The molecule has 0 aliphatic heterocycles. The number of rotatable bonds is 1. The van der Waals surface area contributed by atoms with Crippen LogP contribution in [0.15, 0.2) is 16.6 Å². The Morgan fingerprint density at radius 2 is 1.86 bits per heavy atom. The van der Waals surface area contributed by atoms with E-state index in [2.05, 4.69) is 15.9 Å². The number of hydrogen-bond acceptors (Lipinski definition) is 1. The van der Waals surface area contributed by atoms with Crippen molar-refractivity contribution in [2.24, 2.45) is 0 Å². The molecule has 1 aromatic rings. The highest BCUT2D eigenvalue weighted by molar-refractivity contribution is 9.10. The monoisotopic (exact) mass is 269 g/mol. The zero-order valence-electron chi connectivity index (χ0n) is 6.45. The van der Waals surface area contributed by atoms with E-state index in [0.717, 1.165) is 12.4 Å². The van der Waals surface area contributed by atoms with Gasteiger partial charge in [-0.3, -0.25) is 4.79 Å². The van der Waals surface area contributed by atoms with Crippen molar-refractivity contribution in [3.8, 4) is 0 Å². The largest absolute Gasteiger partial charge is 0.419 e. The van der Waals surface area contributed by atoms with Crippen LogP contribution in [-0.2, 0) is 11.0 Å². The van der Waals surface area contributed by atoms with Gasteiger partial charge in [0.15, 0.2) is 0 Å². The normalized spacial score (nSPS) is 11.5. The molecule has 0 aliphatic carbocycles. The van der Waals surface area contributed by atoms with Crippen molar-refractivity contribution >= 4 is 22.2 Å². The fraction of sp³-hybridized carbons (Fsp3) is 0.125. The third-order valence-electron chi connectivity index (χ3n) is 1.50. The molecule has 1 radical (unpaired) electrons. The maximum absolute atomic E-state index is 13.0. The molecule has 0 heterocycles. The Labute approximate surface area is 84.9 Å². The maximum Gasteiger partial charge on any atom is 0.419 e. The van der Waals surface area contributed by atoms with Gasteiger partial charge in [0.25, 0.3) is 0 Å². The van der Waals surface area contributed by atoms with Crippen molar-refractivity contribution in [2.45, 2.75) is 6.18 Å². The van der Waals surface area contributed by atoms with E-state index < -0.39 is 23.1 Å². The van der Waals surface area contributed by atoms with Crippen LogP contribution in [0.2, 0.25) is 0 Å². The van der Waals surface area contributed by atoms with Gasteiger partial charge in [0, 0.05) is 4.47 Å². The molecule has 1 aromatic carbocycles. The molecule has 0 fully saturated rings. The van der Waals surface area contributed by atoms with E-state index in [4.69, 9.17) is 0 Å². The summed E-state index contributed by atoms with van der Waals surface area (Å²) in [7, 11) is 0. The lowest BCUT2D eigenvalue weighted by Crippen LogP contribution is -2.10. The SMILES string of the molecule is O=[C]c1c(Br)ccc(C(F)(F)F)c1F. The summed E-state index contributed by atoms with van der Waals surface area (Å²) in [6.07, 6.45) is -3.70. The molecule has 0 N–H and O–H groups in total. The second-order valence-corrected chi connectivity index (χ2v) is 3.24. The van der Waals surface area contributed by atoms with E-state index in [1.54, 1.807) is 0 Å². The topological polar surface area (TPSA) is 17.1 Å². The molecule has 0 saturated carbocycles. The van der Waals surface area contributed by atoms with Gasteiger partial charge in [-0.15, -0.1) is 0 Å². The van der Waals surface area contributed by atoms with Crippen molar-refractivity contribution in [3.63, 3.8) is 0 Å². The number of alkyl halides is 3. The summed E-state index contributed by atoms with van der Waals surface area (Å²) < 4.78 is 49.3. The molecule has 0 aromatic heterocycles. The summed E-state index contributed by atoms with van der Waals surface area (Å²) >= 11 is 2.74. The van der Waals surface area contributed by atoms with Gasteiger partial charge in [0.05, 0.1) is 11.1 Å². The van der Waals surface area contributed by atoms with E-state index in [1.807, 2.05) is 0 Å². The summed E-state index contributed by atoms with van der Waals surface area (Å²) in [5.41, 5.74) is -2.22. The smallest absolute Gasteiger partial charge is 0.285 e. The second-order valence-electron chi connectivity index (χ2n) is 2.38.